The van der Waals surface area contributed by atoms with Crippen LogP contribution in [0.2, 0.25) is 0 Å². The molecule has 2 aromatic carbocycles. The van der Waals surface area contributed by atoms with Crippen LogP contribution in [0.4, 0.5) is 0 Å². The van der Waals surface area contributed by atoms with Crippen LogP contribution in [0.3, 0.4) is 0 Å². The van der Waals surface area contributed by atoms with E-state index in [1.165, 1.54) is 13.2 Å². The molecule has 0 unspecified atom stereocenters. The number of benzene rings is 2. The lowest BCUT2D eigenvalue weighted by Crippen LogP contribution is -2.38. The molecular formula is C26H28N2O6. The van der Waals surface area contributed by atoms with Gasteiger partial charge in [0.25, 0.3) is 5.91 Å². The van der Waals surface area contributed by atoms with Crippen LogP contribution in [0, 0.1) is 6.92 Å². The second-order valence-corrected chi connectivity index (χ2v) is 8.81. The van der Waals surface area contributed by atoms with Gasteiger partial charge in [0.15, 0.2) is 16.9 Å². The lowest BCUT2D eigenvalue weighted by atomic mass is 9.97. The normalized spacial score (nSPS) is 18.5. The first-order valence-electron chi connectivity index (χ1n) is 11.5. The summed E-state index contributed by atoms with van der Waals surface area (Å²) in [5, 5.41) is 10.6. The van der Waals surface area contributed by atoms with Gasteiger partial charge in [0.05, 0.1) is 37.3 Å². The molecule has 2 aliphatic heterocycles. The Hall–Kier alpha value is -3.36. The molecule has 3 aromatic rings. The van der Waals surface area contributed by atoms with Crippen LogP contribution < -0.4 is 10.2 Å². The molecule has 0 saturated carbocycles. The topological polar surface area (TPSA) is 92.5 Å². The molecule has 0 bridgehead atoms. The maximum atomic E-state index is 13.6. The van der Waals surface area contributed by atoms with Gasteiger partial charge in [-0.15, -0.1) is 0 Å². The van der Waals surface area contributed by atoms with Crippen LogP contribution in [-0.2, 0) is 4.74 Å². The van der Waals surface area contributed by atoms with Crippen LogP contribution in [-0.4, -0.2) is 67.3 Å². The molecule has 0 radical (unpaired) electrons. The highest BCUT2D eigenvalue weighted by molar-refractivity contribution is 5.99. The summed E-state index contributed by atoms with van der Waals surface area (Å²) >= 11 is 0. The van der Waals surface area contributed by atoms with Gasteiger partial charge in [0.1, 0.15) is 5.58 Å². The van der Waals surface area contributed by atoms with E-state index in [1.54, 1.807) is 29.2 Å². The summed E-state index contributed by atoms with van der Waals surface area (Å²) in [4.78, 5) is 31.2. The van der Waals surface area contributed by atoms with E-state index in [4.69, 9.17) is 13.9 Å². The van der Waals surface area contributed by atoms with Crippen molar-refractivity contribution in [2.45, 2.75) is 19.4 Å². The molecule has 5 rings (SSSR count). The van der Waals surface area contributed by atoms with Crippen molar-refractivity contribution in [2.24, 2.45) is 0 Å². The first-order valence-corrected chi connectivity index (χ1v) is 11.5. The van der Waals surface area contributed by atoms with Gasteiger partial charge in [-0.05, 0) is 43.2 Å². The van der Waals surface area contributed by atoms with Gasteiger partial charge in [0, 0.05) is 26.2 Å². The van der Waals surface area contributed by atoms with Crippen molar-refractivity contribution in [1.29, 1.82) is 0 Å². The molecule has 8 heteroatoms. The van der Waals surface area contributed by atoms with E-state index in [0.29, 0.717) is 41.9 Å². The number of rotatable bonds is 6. The van der Waals surface area contributed by atoms with E-state index >= 15 is 0 Å². The van der Waals surface area contributed by atoms with Crippen LogP contribution in [0.15, 0.2) is 45.6 Å². The largest absolute Gasteiger partial charge is 0.504 e. The third kappa shape index (κ3) is 3.93. The molecule has 8 nitrogen and oxygen atoms in total. The zero-order chi connectivity index (χ0) is 23.8. The number of phenolic OH excluding ortho intramolecular Hbond substituents is 1. The van der Waals surface area contributed by atoms with E-state index in [9.17, 15) is 14.7 Å². The van der Waals surface area contributed by atoms with Crippen molar-refractivity contribution in [2.75, 3.05) is 46.5 Å². The number of phenols is 1. The molecule has 1 atom stereocenters. The molecule has 34 heavy (non-hydrogen) atoms. The van der Waals surface area contributed by atoms with Gasteiger partial charge < -0.3 is 23.9 Å². The molecule has 2 aliphatic rings. The Morgan fingerprint density at radius 1 is 1.09 bits per heavy atom. The van der Waals surface area contributed by atoms with Crippen LogP contribution in [0.1, 0.15) is 39.7 Å². The third-order valence-electron chi connectivity index (χ3n) is 6.62. The average Bonchev–Trinajstić information content (AvgIpc) is 3.12. The van der Waals surface area contributed by atoms with Crippen LogP contribution >= 0.6 is 0 Å². The zero-order valence-corrected chi connectivity index (χ0v) is 19.4. The van der Waals surface area contributed by atoms with E-state index in [-0.39, 0.29) is 28.6 Å². The Bertz CT molecular complexity index is 1290. The molecule has 1 N–H and O–H groups in total. The van der Waals surface area contributed by atoms with Gasteiger partial charge in [-0.2, -0.15) is 0 Å². The number of morpholine rings is 1. The minimum absolute atomic E-state index is 0.00386. The van der Waals surface area contributed by atoms with Crippen molar-refractivity contribution >= 4 is 16.9 Å². The van der Waals surface area contributed by atoms with Gasteiger partial charge >= 0.3 is 0 Å². The number of amides is 1. The Morgan fingerprint density at radius 3 is 2.65 bits per heavy atom. The molecule has 0 spiro atoms. The maximum Gasteiger partial charge on any atom is 0.290 e. The minimum atomic E-state index is -0.622. The summed E-state index contributed by atoms with van der Waals surface area (Å²) in [7, 11) is 1.47. The van der Waals surface area contributed by atoms with Crippen LogP contribution in [0.5, 0.6) is 11.5 Å². The SMILES string of the molecule is COc1cc([C@@H]2c3c(oc4ccc(C)cc4c3=O)C(=O)N2CCCN2CCOCC2)ccc1O. The fraction of sp³-hybridized carbons (Fsp3) is 0.385. The summed E-state index contributed by atoms with van der Waals surface area (Å²) in [6.45, 7) is 6.39. The molecule has 0 aliphatic carbocycles. The fourth-order valence-corrected chi connectivity index (χ4v) is 4.87. The number of fused-ring (bicyclic) bond motifs is 2. The Labute approximate surface area is 197 Å². The third-order valence-corrected chi connectivity index (χ3v) is 6.62. The number of hydrogen-bond acceptors (Lipinski definition) is 7. The predicted octanol–water partition coefficient (Wildman–Crippen LogP) is 3.08. The minimum Gasteiger partial charge on any atom is -0.504 e. The zero-order valence-electron chi connectivity index (χ0n) is 19.4. The molecule has 1 amide bonds. The van der Waals surface area contributed by atoms with Gasteiger partial charge in [-0.3, -0.25) is 14.5 Å². The lowest BCUT2D eigenvalue weighted by molar-refractivity contribution is 0.0353. The van der Waals surface area contributed by atoms with Crippen LogP contribution in [0.25, 0.3) is 11.0 Å². The second kappa shape index (κ2) is 9.12. The number of aromatic hydroxyl groups is 1. The number of carbonyl (C=O) groups excluding carboxylic acids is 1. The number of aryl methyl sites for hydroxylation is 1. The van der Waals surface area contributed by atoms with Gasteiger partial charge in [-0.1, -0.05) is 17.7 Å². The Balaban J connectivity index is 1.56. The van der Waals surface area contributed by atoms with Crippen molar-refractivity contribution in [3.63, 3.8) is 0 Å². The molecule has 3 heterocycles. The van der Waals surface area contributed by atoms with Crippen molar-refractivity contribution in [1.82, 2.24) is 9.80 Å². The predicted molar refractivity (Wildman–Crippen MR) is 127 cm³/mol. The number of carbonyl (C=O) groups is 1. The summed E-state index contributed by atoms with van der Waals surface area (Å²) in [6, 6.07) is 9.69. The number of nitrogens with zero attached hydrogens (tertiary/aromatic N) is 2. The highest BCUT2D eigenvalue weighted by atomic mass is 16.5. The molecule has 1 saturated heterocycles. The first kappa shape index (κ1) is 22.4. The highest BCUT2D eigenvalue weighted by Crippen LogP contribution is 2.40. The quantitative estimate of drug-likeness (QED) is 0.599. The number of hydrogen-bond donors (Lipinski definition) is 1. The number of methoxy groups -OCH3 is 1. The number of ether oxygens (including phenoxy) is 2. The Morgan fingerprint density at radius 2 is 1.88 bits per heavy atom. The smallest absolute Gasteiger partial charge is 0.290 e. The van der Waals surface area contributed by atoms with E-state index in [1.807, 2.05) is 13.0 Å². The second-order valence-electron chi connectivity index (χ2n) is 8.81. The summed E-state index contributed by atoms with van der Waals surface area (Å²) in [5.74, 6) is 0.0712. The van der Waals surface area contributed by atoms with Crippen molar-refractivity contribution in [3.05, 3.63) is 69.1 Å². The molecule has 1 fully saturated rings. The summed E-state index contributed by atoms with van der Waals surface area (Å²) < 4.78 is 16.7. The van der Waals surface area contributed by atoms with E-state index in [2.05, 4.69) is 4.90 Å². The van der Waals surface area contributed by atoms with Crippen molar-refractivity contribution < 1.29 is 23.8 Å². The summed E-state index contributed by atoms with van der Waals surface area (Å²) in [6.07, 6.45) is 0.748. The maximum absolute atomic E-state index is 13.6. The first-order chi connectivity index (χ1) is 16.5. The Kier molecular flexibility index (Phi) is 6.02. The van der Waals surface area contributed by atoms with Gasteiger partial charge in [0.2, 0.25) is 5.76 Å². The van der Waals surface area contributed by atoms with Crippen molar-refractivity contribution in [3.8, 4) is 11.5 Å². The molecular weight excluding hydrogens is 436 g/mol. The lowest BCUT2D eigenvalue weighted by Gasteiger charge is -2.29. The van der Waals surface area contributed by atoms with E-state index in [0.717, 1.165) is 31.6 Å². The monoisotopic (exact) mass is 464 g/mol. The average molecular weight is 465 g/mol. The fourth-order valence-electron chi connectivity index (χ4n) is 4.87. The standard InChI is InChI=1S/C26H28N2O6/c1-16-4-7-20-18(14-16)24(30)22-23(17-5-6-19(29)21(15-17)32-2)28(26(31)25(22)34-20)9-3-8-27-10-12-33-13-11-27/h4-7,14-15,23,29H,3,8-13H2,1-2H3/t23-/m1/s1. The molecule has 1 aromatic heterocycles. The van der Waals surface area contributed by atoms with E-state index < -0.39 is 6.04 Å². The summed E-state index contributed by atoms with van der Waals surface area (Å²) in [5.41, 5.74) is 2.16. The molecule has 178 valence electrons. The highest BCUT2D eigenvalue weighted by Gasteiger charge is 2.42. The van der Waals surface area contributed by atoms with Gasteiger partial charge in [-0.25, -0.2) is 0 Å².